The quantitative estimate of drug-likeness (QED) is 0.478. The van der Waals surface area contributed by atoms with Gasteiger partial charge in [0.15, 0.2) is 17.0 Å². The fraction of sp³-hybridized carbons (Fsp3) is 0.286. The van der Waals surface area contributed by atoms with Gasteiger partial charge in [-0.1, -0.05) is 12.1 Å². The third-order valence-corrected chi connectivity index (χ3v) is 5.93. The highest BCUT2D eigenvalue weighted by Gasteiger charge is 2.24. The molecular formula is C21H20N8S. The number of hydrogen-bond acceptors (Lipinski definition) is 8. The minimum atomic E-state index is -0.00267. The van der Waals surface area contributed by atoms with Gasteiger partial charge in [-0.2, -0.15) is 10.5 Å². The summed E-state index contributed by atoms with van der Waals surface area (Å²) in [6.45, 7) is 1.62. The molecule has 0 amide bonds. The number of aromatic nitrogens is 4. The molecule has 0 unspecified atom stereocenters. The van der Waals surface area contributed by atoms with Crippen LogP contribution in [0.5, 0.6) is 0 Å². The van der Waals surface area contributed by atoms with Crippen molar-refractivity contribution in [2.24, 2.45) is 0 Å². The number of anilines is 1. The number of unbranched alkanes of at least 4 members (excludes halogenated alkanes) is 1. The molecule has 2 N–H and O–H groups in total. The Bertz CT molecular complexity index is 1290. The molecule has 0 radical (unpaired) electrons. The Balaban J connectivity index is 1.89. The van der Waals surface area contributed by atoms with E-state index in [1.807, 2.05) is 55.1 Å². The molecule has 0 aliphatic rings. The average Bonchev–Trinajstić information content (AvgIpc) is 3.27. The number of aryl methyl sites for hydroxylation is 1. The SMILES string of the molecule is CN(C)CCCCn1c(N)c(-c2nc3ccccc3s2)c2nc(C#N)c(C#N)nc21. The number of fused-ring (bicyclic) bond motifs is 2. The minimum absolute atomic E-state index is 0.00267. The van der Waals surface area contributed by atoms with Crippen LogP contribution in [0.4, 0.5) is 5.82 Å². The Kier molecular flexibility index (Phi) is 5.32. The van der Waals surface area contributed by atoms with Crippen molar-refractivity contribution in [1.29, 1.82) is 10.5 Å². The largest absolute Gasteiger partial charge is 0.384 e. The first-order chi connectivity index (χ1) is 14.5. The van der Waals surface area contributed by atoms with Gasteiger partial charge in [0.05, 0.1) is 15.8 Å². The van der Waals surface area contributed by atoms with Gasteiger partial charge in [-0.3, -0.25) is 0 Å². The molecule has 0 aliphatic heterocycles. The highest BCUT2D eigenvalue weighted by molar-refractivity contribution is 7.21. The molecule has 0 saturated carbocycles. The van der Waals surface area contributed by atoms with Crippen LogP contribution in [0.25, 0.3) is 32.0 Å². The normalized spacial score (nSPS) is 11.2. The Morgan fingerprint density at radius 1 is 1.07 bits per heavy atom. The van der Waals surface area contributed by atoms with Crippen molar-refractivity contribution in [2.75, 3.05) is 26.4 Å². The lowest BCUT2D eigenvalue weighted by Gasteiger charge is -2.10. The predicted molar refractivity (Wildman–Crippen MR) is 118 cm³/mol. The first-order valence-electron chi connectivity index (χ1n) is 9.54. The molecule has 1 aromatic carbocycles. The fourth-order valence-electron chi connectivity index (χ4n) is 3.42. The average molecular weight is 417 g/mol. The first kappa shape index (κ1) is 19.8. The van der Waals surface area contributed by atoms with E-state index in [0.717, 1.165) is 34.6 Å². The highest BCUT2D eigenvalue weighted by Crippen LogP contribution is 2.39. The summed E-state index contributed by atoms with van der Waals surface area (Å²) in [4.78, 5) is 15.8. The first-order valence-corrected chi connectivity index (χ1v) is 10.4. The van der Waals surface area contributed by atoms with Crippen LogP contribution in [0.2, 0.25) is 0 Å². The Morgan fingerprint density at radius 2 is 1.80 bits per heavy atom. The van der Waals surface area contributed by atoms with E-state index in [2.05, 4.69) is 14.9 Å². The monoisotopic (exact) mass is 416 g/mol. The molecule has 4 aromatic rings. The van der Waals surface area contributed by atoms with Crippen molar-refractivity contribution in [1.82, 2.24) is 24.4 Å². The van der Waals surface area contributed by atoms with Crippen LogP contribution in [0.1, 0.15) is 24.2 Å². The van der Waals surface area contributed by atoms with Crippen LogP contribution in [0, 0.1) is 22.7 Å². The lowest BCUT2D eigenvalue weighted by Crippen LogP contribution is -2.14. The zero-order valence-electron chi connectivity index (χ0n) is 16.8. The second-order valence-electron chi connectivity index (χ2n) is 7.23. The Hall–Kier alpha value is -3.53. The molecule has 8 nitrogen and oxygen atoms in total. The molecule has 0 bridgehead atoms. The van der Waals surface area contributed by atoms with Crippen molar-refractivity contribution in [2.45, 2.75) is 19.4 Å². The van der Waals surface area contributed by atoms with Crippen molar-refractivity contribution in [3.8, 4) is 22.7 Å². The molecule has 0 aliphatic carbocycles. The van der Waals surface area contributed by atoms with Gasteiger partial charge in [0, 0.05) is 6.54 Å². The predicted octanol–water partition coefficient (Wildman–Crippen LogP) is 3.38. The van der Waals surface area contributed by atoms with Gasteiger partial charge >= 0.3 is 0 Å². The van der Waals surface area contributed by atoms with Gasteiger partial charge in [-0.15, -0.1) is 11.3 Å². The number of hydrogen-bond donors (Lipinski definition) is 1. The van der Waals surface area contributed by atoms with Crippen molar-refractivity contribution >= 4 is 38.5 Å². The maximum atomic E-state index is 9.43. The Morgan fingerprint density at radius 3 is 2.50 bits per heavy atom. The van der Waals surface area contributed by atoms with Crippen LogP contribution in [0.3, 0.4) is 0 Å². The summed E-state index contributed by atoms with van der Waals surface area (Å²) in [6.07, 6.45) is 1.90. The van der Waals surface area contributed by atoms with Gasteiger partial charge in [-0.25, -0.2) is 15.0 Å². The lowest BCUT2D eigenvalue weighted by atomic mass is 10.2. The molecule has 0 fully saturated rings. The molecular weight excluding hydrogens is 396 g/mol. The van der Waals surface area contributed by atoms with Crippen LogP contribution in [0.15, 0.2) is 24.3 Å². The van der Waals surface area contributed by atoms with Gasteiger partial charge < -0.3 is 15.2 Å². The molecule has 3 heterocycles. The fourth-order valence-corrected chi connectivity index (χ4v) is 4.44. The molecule has 150 valence electrons. The van der Waals surface area contributed by atoms with Crippen molar-refractivity contribution < 1.29 is 0 Å². The van der Waals surface area contributed by atoms with E-state index in [1.54, 1.807) is 0 Å². The summed E-state index contributed by atoms with van der Waals surface area (Å²) in [5.74, 6) is 0.507. The number of thiazole rings is 1. The lowest BCUT2D eigenvalue weighted by molar-refractivity contribution is 0.388. The van der Waals surface area contributed by atoms with Crippen molar-refractivity contribution in [3.63, 3.8) is 0 Å². The van der Waals surface area contributed by atoms with Gasteiger partial charge in [0.1, 0.15) is 28.5 Å². The maximum Gasteiger partial charge on any atom is 0.179 e. The molecule has 0 atom stereocenters. The number of rotatable bonds is 6. The maximum absolute atomic E-state index is 9.43. The van der Waals surface area contributed by atoms with E-state index in [4.69, 9.17) is 10.7 Å². The Labute approximate surface area is 177 Å². The van der Waals surface area contributed by atoms with E-state index in [0.29, 0.717) is 29.1 Å². The van der Waals surface area contributed by atoms with Crippen molar-refractivity contribution in [3.05, 3.63) is 35.7 Å². The molecule has 30 heavy (non-hydrogen) atoms. The second kappa shape index (κ2) is 8.07. The summed E-state index contributed by atoms with van der Waals surface area (Å²) in [6, 6.07) is 11.8. The topological polar surface area (TPSA) is 120 Å². The van der Waals surface area contributed by atoms with E-state index >= 15 is 0 Å². The summed E-state index contributed by atoms with van der Waals surface area (Å²) in [5.41, 5.74) is 9.15. The van der Waals surface area contributed by atoms with Crippen LogP contribution >= 0.6 is 11.3 Å². The van der Waals surface area contributed by atoms with Crippen LogP contribution in [-0.2, 0) is 6.54 Å². The number of benzene rings is 1. The zero-order chi connectivity index (χ0) is 21.3. The summed E-state index contributed by atoms with van der Waals surface area (Å²) < 4.78 is 2.93. The zero-order valence-corrected chi connectivity index (χ0v) is 17.6. The third-order valence-electron chi connectivity index (χ3n) is 4.87. The summed E-state index contributed by atoms with van der Waals surface area (Å²) >= 11 is 1.52. The number of nitrogen functional groups attached to an aromatic ring is 1. The highest BCUT2D eigenvalue weighted by atomic mass is 32.1. The number of para-hydroxylation sites is 1. The van der Waals surface area contributed by atoms with E-state index in [1.165, 1.54) is 11.3 Å². The number of nitriles is 2. The standard InChI is InChI=1S/C21H20N8S/c1-28(2)9-5-6-10-29-19(24)17(21-27-13-7-3-4-8-16(13)30-21)18-20(29)26-15(12-23)14(11-22)25-18/h3-4,7-8H,5-6,9-10,24H2,1-2H3. The molecule has 3 aromatic heterocycles. The minimum Gasteiger partial charge on any atom is -0.384 e. The number of nitrogens with two attached hydrogens (primary N) is 1. The third kappa shape index (κ3) is 3.45. The smallest absolute Gasteiger partial charge is 0.179 e. The summed E-state index contributed by atoms with van der Waals surface area (Å²) in [5, 5.41) is 19.6. The van der Waals surface area contributed by atoms with Gasteiger partial charge in [0.2, 0.25) is 0 Å². The molecule has 4 rings (SSSR count). The second-order valence-corrected chi connectivity index (χ2v) is 8.26. The van der Waals surface area contributed by atoms with E-state index in [9.17, 15) is 10.5 Å². The number of nitrogens with zero attached hydrogens (tertiary/aromatic N) is 7. The summed E-state index contributed by atoms with van der Waals surface area (Å²) in [7, 11) is 4.08. The van der Waals surface area contributed by atoms with E-state index in [-0.39, 0.29) is 11.4 Å². The molecule has 9 heteroatoms. The van der Waals surface area contributed by atoms with E-state index < -0.39 is 0 Å². The molecule has 0 saturated heterocycles. The van der Waals surface area contributed by atoms with Gasteiger partial charge in [0.25, 0.3) is 0 Å². The van der Waals surface area contributed by atoms with Gasteiger partial charge in [-0.05, 0) is 45.6 Å². The van der Waals surface area contributed by atoms with Crippen LogP contribution in [-0.4, -0.2) is 45.1 Å². The molecule has 0 spiro atoms. The van der Waals surface area contributed by atoms with Crippen LogP contribution < -0.4 is 5.73 Å².